The van der Waals surface area contributed by atoms with Gasteiger partial charge in [-0.25, -0.2) is 0 Å². The van der Waals surface area contributed by atoms with Crippen LogP contribution in [0, 0.1) is 0 Å². The van der Waals surface area contributed by atoms with Crippen molar-refractivity contribution < 1.29 is 22.6 Å². The summed E-state index contributed by atoms with van der Waals surface area (Å²) in [4.78, 5) is 0. The Balaban J connectivity index is 2.27. The molecular weight excluding hydrogens is 339 g/mol. The normalized spacial score (nSPS) is 11.7. The van der Waals surface area contributed by atoms with Crippen molar-refractivity contribution in [2.45, 2.75) is 19.0 Å². The zero-order valence-corrected chi connectivity index (χ0v) is 12.5. The first-order valence-corrected chi connectivity index (χ1v) is 6.97. The van der Waals surface area contributed by atoms with Gasteiger partial charge in [0.25, 0.3) is 0 Å². The highest BCUT2D eigenvalue weighted by Crippen LogP contribution is 2.23. The number of halogens is 4. The van der Waals surface area contributed by atoms with E-state index >= 15 is 0 Å². The highest BCUT2D eigenvalue weighted by molar-refractivity contribution is 9.10. The van der Waals surface area contributed by atoms with Gasteiger partial charge < -0.3 is 15.2 Å². The number of nitrogens with two attached hydrogens (primary N) is 1. The second-order valence-corrected chi connectivity index (χ2v) is 5.02. The van der Waals surface area contributed by atoms with Crippen molar-refractivity contribution in [3.05, 3.63) is 28.2 Å². The van der Waals surface area contributed by atoms with Gasteiger partial charge in [-0.2, -0.15) is 13.2 Å². The number of benzene rings is 1. The van der Waals surface area contributed by atoms with Crippen molar-refractivity contribution in [1.29, 1.82) is 0 Å². The zero-order chi connectivity index (χ0) is 15.0. The van der Waals surface area contributed by atoms with Crippen LogP contribution in [-0.4, -0.2) is 32.5 Å². The number of alkyl halides is 3. The van der Waals surface area contributed by atoms with Crippen molar-refractivity contribution in [1.82, 2.24) is 0 Å². The van der Waals surface area contributed by atoms with Crippen molar-refractivity contribution in [3.8, 4) is 5.75 Å². The quantitative estimate of drug-likeness (QED) is 0.727. The Morgan fingerprint density at radius 3 is 2.60 bits per heavy atom. The van der Waals surface area contributed by atoms with E-state index in [1.807, 2.05) is 12.1 Å². The molecule has 1 rings (SSSR count). The molecular formula is C13H17BrF3NO2. The zero-order valence-electron chi connectivity index (χ0n) is 10.9. The highest BCUT2D eigenvalue weighted by atomic mass is 79.9. The fourth-order valence-corrected chi connectivity index (χ4v) is 1.97. The lowest BCUT2D eigenvalue weighted by atomic mass is 10.1. The summed E-state index contributed by atoms with van der Waals surface area (Å²) in [6.07, 6.45) is -3.14. The fourth-order valence-electron chi connectivity index (χ4n) is 1.53. The molecule has 0 bridgehead atoms. The third kappa shape index (κ3) is 7.12. The lowest BCUT2D eigenvalue weighted by Gasteiger charge is -2.10. The number of hydrogen-bond donors (Lipinski definition) is 1. The van der Waals surface area contributed by atoms with Crippen molar-refractivity contribution in [2.24, 2.45) is 5.73 Å². The molecule has 0 unspecified atom stereocenters. The van der Waals surface area contributed by atoms with E-state index in [1.165, 1.54) is 0 Å². The first-order valence-electron chi connectivity index (χ1n) is 6.18. The summed E-state index contributed by atoms with van der Waals surface area (Å²) in [5.41, 5.74) is 6.54. The van der Waals surface area contributed by atoms with Crippen molar-refractivity contribution >= 4 is 15.9 Å². The monoisotopic (exact) mass is 355 g/mol. The number of hydrogen-bond acceptors (Lipinski definition) is 3. The van der Waals surface area contributed by atoms with Crippen molar-refractivity contribution in [3.63, 3.8) is 0 Å². The Hall–Kier alpha value is -0.790. The predicted octanol–water partition coefficient (Wildman–Crippen LogP) is 3.30. The SMILES string of the molecule is NCCc1cc(OCCCOCC(F)(F)F)ccc1Br. The van der Waals surface area contributed by atoms with E-state index < -0.39 is 12.8 Å². The molecule has 1 aromatic carbocycles. The third-order valence-corrected chi connectivity index (χ3v) is 3.17. The van der Waals surface area contributed by atoms with E-state index in [1.54, 1.807) is 6.07 Å². The summed E-state index contributed by atoms with van der Waals surface area (Å²) >= 11 is 3.41. The summed E-state index contributed by atoms with van der Waals surface area (Å²) in [7, 11) is 0. The van der Waals surface area contributed by atoms with Crippen LogP contribution < -0.4 is 10.5 Å². The molecule has 2 N–H and O–H groups in total. The van der Waals surface area contributed by atoms with Gasteiger partial charge in [0.1, 0.15) is 12.4 Å². The lowest BCUT2D eigenvalue weighted by molar-refractivity contribution is -0.174. The van der Waals surface area contributed by atoms with Gasteiger partial charge in [-0.3, -0.25) is 0 Å². The van der Waals surface area contributed by atoms with E-state index in [-0.39, 0.29) is 6.61 Å². The summed E-state index contributed by atoms with van der Waals surface area (Å²) in [6.45, 7) is -0.355. The molecule has 0 saturated heterocycles. The smallest absolute Gasteiger partial charge is 0.411 e. The molecule has 0 aromatic heterocycles. The molecule has 7 heteroatoms. The van der Waals surface area contributed by atoms with Gasteiger partial charge in [-0.1, -0.05) is 15.9 Å². The molecule has 0 radical (unpaired) electrons. The minimum Gasteiger partial charge on any atom is -0.493 e. The highest BCUT2D eigenvalue weighted by Gasteiger charge is 2.27. The summed E-state index contributed by atoms with van der Waals surface area (Å²) < 4.78 is 46.3. The average Bonchev–Trinajstić information content (AvgIpc) is 2.36. The second-order valence-electron chi connectivity index (χ2n) is 4.16. The van der Waals surface area contributed by atoms with E-state index in [4.69, 9.17) is 10.5 Å². The summed E-state index contributed by atoms with van der Waals surface area (Å²) in [6, 6.07) is 5.52. The number of rotatable bonds is 8. The van der Waals surface area contributed by atoms with Crippen LogP contribution in [0.4, 0.5) is 13.2 Å². The van der Waals surface area contributed by atoms with Gasteiger partial charge in [-0.15, -0.1) is 0 Å². The minimum atomic E-state index is -4.27. The van der Waals surface area contributed by atoms with Crippen molar-refractivity contribution in [2.75, 3.05) is 26.4 Å². The third-order valence-electron chi connectivity index (χ3n) is 2.40. The molecule has 20 heavy (non-hydrogen) atoms. The fraction of sp³-hybridized carbons (Fsp3) is 0.538. The minimum absolute atomic E-state index is 0.0195. The molecule has 3 nitrogen and oxygen atoms in total. The molecule has 114 valence electrons. The molecule has 0 fully saturated rings. The van der Waals surface area contributed by atoms with E-state index in [9.17, 15) is 13.2 Å². The molecule has 1 aromatic rings. The van der Waals surface area contributed by atoms with Crippen LogP contribution in [0.1, 0.15) is 12.0 Å². The Morgan fingerprint density at radius 2 is 1.95 bits per heavy atom. The molecule has 0 saturated carbocycles. The van der Waals surface area contributed by atoms with E-state index in [2.05, 4.69) is 20.7 Å². The van der Waals surface area contributed by atoms with Crippen LogP contribution in [-0.2, 0) is 11.2 Å². The second kappa shape index (κ2) is 8.49. The van der Waals surface area contributed by atoms with Gasteiger partial charge in [0, 0.05) is 10.9 Å². The topological polar surface area (TPSA) is 44.5 Å². The van der Waals surface area contributed by atoms with Crippen LogP contribution >= 0.6 is 15.9 Å². The van der Waals surface area contributed by atoms with Gasteiger partial charge in [-0.05, 0) is 36.7 Å². The maximum Gasteiger partial charge on any atom is 0.411 e. The van der Waals surface area contributed by atoms with E-state index in [0.717, 1.165) is 16.5 Å². The Labute approximate surface area is 124 Å². The molecule has 0 aliphatic heterocycles. The summed E-state index contributed by atoms with van der Waals surface area (Å²) in [5, 5.41) is 0. The van der Waals surface area contributed by atoms with Gasteiger partial charge >= 0.3 is 6.18 Å². The van der Waals surface area contributed by atoms with Gasteiger partial charge in [0.05, 0.1) is 13.2 Å². The predicted molar refractivity (Wildman–Crippen MR) is 73.9 cm³/mol. The molecule has 0 amide bonds. The van der Waals surface area contributed by atoms with E-state index in [0.29, 0.717) is 25.3 Å². The maximum atomic E-state index is 11.8. The standard InChI is InChI=1S/C13H17BrF3NO2/c14-12-3-2-11(8-10(12)4-5-18)20-7-1-6-19-9-13(15,16)17/h2-3,8H,1,4-7,9,18H2. The summed E-state index contributed by atoms with van der Waals surface area (Å²) in [5.74, 6) is 0.674. The Morgan fingerprint density at radius 1 is 1.20 bits per heavy atom. The van der Waals surface area contributed by atoms with Crippen LogP contribution in [0.2, 0.25) is 0 Å². The Bertz CT molecular complexity index is 413. The molecule has 0 aliphatic carbocycles. The molecule has 0 spiro atoms. The van der Waals surface area contributed by atoms with Crippen LogP contribution in [0.25, 0.3) is 0 Å². The largest absolute Gasteiger partial charge is 0.493 e. The average molecular weight is 356 g/mol. The molecule has 0 heterocycles. The first-order chi connectivity index (χ1) is 9.42. The lowest BCUT2D eigenvalue weighted by Crippen LogP contribution is -2.18. The number of ether oxygens (including phenoxy) is 2. The maximum absolute atomic E-state index is 11.8. The van der Waals surface area contributed by atoms with Crippen LogP contribution in [0.15, 0.2) is 22.7 Å². The Kier molecular flexibility index (Phi) is 7.32. The first kappa shape index (κ1) is 17.3. The molecule has 0 atom stereocenters. The molecule has 0 aliphatic rings. The van der Waals surface area contributed by atoms with Gasteiger partial charge in [0.15, 0.2) is 0 Å². The van der Waals surface area contributed by atoms with Crippen LogP contribution in [0.3, 0.4) is 0 Å². The van der Waals surface area contributed by atoms with Crippen LogP contribution in [0.5, 0.6) is 5.75 Å². The van der Waals surface area contributed by atoms with Gasteiger partial charge in [0.2, 0.25) is 0 Å².